The van der Waals surface area contributed by atoms with Crippen LogP contribution < -0.4 is 37.2 Å². The van der Waals surface area contributed by atoms with Crippen molar-refractivity contribution in [2.24, 2.45) is 5.92 Å². The molecule has 0 aliphatic carbocycles. The van der Waals surface area contributed by atoms with Crippen molar-refractivity contribution in [1.82, 2.24) is 37.2 Å². The molecule has 0 radical (unpaired) electrons. The second-order valence-corrected chi connectivity index (χ2v) is 26.2. The number of Topliss-reactive ketones (excluding diaryl/α,β-unsaturated/α-hetero) is 5. The summed E-state index contributed by atoms with van der Waals surface area (Å²) in [6, 6.07) is 1.19. The topological polar surface area (TPSA) is 461 Å². The third kappa shape index (κ3) is 51.5. The van der Waals surface area contributed by atoms with Crippen LogP contribution in [0.3, 0.4) is 0 Å². The van der Waals surface area contributed by atoms with E-state index in [0.29, 0.717) is 45.1 Å². The highest BCUT2D eigenvalue weighted by Crippen LogP contribution is 2.19. The summed E-state index contributed by atoms with van der Waals surface area (Å²) in [4.78, 5) is 173. The second kappa shape index (κ2) is 60.6. The first kappa shape index (κ1) is 94.4. The quantitative estimate of drug-likeness (QED) is 0.0302. The van der Waals surface area contributed by atoms with Crippen LogP contribution in [-0.4, -0.2) is 217 Å². The first-order valence-corrected chi connectivity index (χ1v) is 37.3. The molecule has 1 aromatic carbocycles. The number of amides is 5. The number of rotatable bonds is 71. The lowest BCUT2D eigenvalue weighted by atomic mass is 9.94. The Labute approximate surface area is 616 Å². The zero-order chi connectivity index (χ0) is 77.1. The average Bonchev–Trinajstić information content (AvgIpc) is 0.883. The van der Waals surface area contributed by atoms with Gasteiger partial charge < -0.3 is 81.7 Å². The van der Waals surface area contributed by atoms with Gasteiger partial charge in [0.05, 0.1) is 70.2 Å². The lowest BCUT2D eigenvalue weighted by Crippen LogP contribution is -2.50. The van der Waals surface area contributed by atoms with Gasteiger partial charge in [0.15, 0.2) is 17.3 Å². The Morgan fingerprint density at radius 2 is 0.875 bits per heavy atom. The van der Waals surface area contributed by atoms with Crippen molar-refractivity contribution in [2.45, 2.75) is 263 Å². The minimum atomic E-state index is -1.56. The summed E-state index contributed by atoms with van der Waals surface area (Å²) >= 11 is 0. The molecular formula is C74H127N7O23. The number of benzene rings is 1. The van der Waals surface area contributed by atoms with E-state index in [4.69, 9.17) is 24.1 Å². The van der Waals surface area contributed by atoms with Crippen LogP contribution in [0, 0.1) is 5.92 Å². The molecule has 30 nitrogen and oxygen atoms in total. The molecule has 0 fully saturated rings. The number of nitrogens with one attached hydrogen (secondary N) is 7. The lowest BCUT2D eigenvalue weighted by molar-refractivity contribution is -0.145. The molecular weight excluding hydrogens is 1350 g/mol. The molecule has 12 N–H and O–H groups in total. The van der Waals surface area contributed by atoms with Crippen LogP contribution in [0.2, 0.25) is 0 Å². The number of carboxylic acid groups (broad SMARTS) is 4. The molecule has 6 atom stereocenters. The first-order chi connectivity index (χ1) is 49.8. The molecule has 30 heteroatoms. The number of aromatic hydroxyl groups is 1. The largest absolute Gasteiger partial charge is 0.508 e. The summed E-state index contributed by atoms with van der Waals surface area (Å²) in [6.07, 6.45) is 17.1. The van der Waals surface area contributed by atoms with Gasteiger partial charge in [-0.2, -0.15) is 0 Å². The highest BCUT2D eigenvalue weighted by atomic mass is 16.5. The van der Waals surface area contributed by atoms with E-state index in [1.54, 1.807) is 19.1 Å². The fraction of sp³-hybridized carbons (Fsp3) is 0.730. The molecule has 0 bridgehead atoms. The third-order valence-corrected chi connectivity index (χ3v) is 17.2. The SMILES string of the molecule is CCCC[C@H](NCC(=O)[C@@H](Cc1ccc(O)cc1)NC(C)=O)C(=O)CN[C@@H](CCCCNC(=O)COCCOCCCC(=O)COCCOCCNC(=O)CC[C@H](NC(=O)CC[C@H](NC(=O)CC[C@H](CC(=O)CCCCCCCCCCCCCCCCC(=O)O)C(=O)O)C(=O)O)C(=O)O)C(=O)CC.[HH].[HH].[HH]. The van der Waals surface area contributed by atoms with E-state index in [9.17, 15) is 87.5 Å². The van der Waals surface area contributed by atoms with Gasteiger partial charge in [0.25, 0.3) is 0 Å². The molecule has 0 saturated heterocycles. The maximum Gasteiger partial charge on any atom is 0.326 e. The van der Waals surface area contributed by atoms with Gasteiger partial charge in [-0.05, 0) is 88.3 Å². The van der Waals surface area contributed by atoms with Crippen LogP contribution in [-0.2, 0) is 92.5 Å². The number of ketones is 5. The Balaban J connectivity index is -0.0000361. The Morgan fingerprint density at radius 1 is 0.404 bits per heavy atom. The fourth-order valence-electron chi connectivity index (χ4n) is 11.1. The van der Waals surface area contributed by atoms with Crippen LogP contribution in [0.4, 0.5) is 0 Å². The van der Waals surface area contributed by atoms with Gasteiger partial charge in [-0.3, -0.25) is 57.5 Å². The zero-order valence-electron chi connectivity index (χ0n) is 61.7. The number of unbranched alkanes of at least 4 members (excludes halogenated alkanes) is 15. The summed E-state index contributed by atoms with van der Waals surface area (Å²) in [5.41, 5.74) is 0.739. The monoisotopic (exact) mass is 1480 g/mol. The summed E-state index contributed by atoms with van der Waals surface area (Å²) in [6.45, 7) is 5.75. The molecule has 1 rings (SSSR count). The van der Waals surface area contributed by atoms with Gasteiger partial charge in [0.2, 0.25) is 29.5 Å². The van der Waals surface area contributed by atoms with Crippen molar-refractivity contribution >= 4 is 82.3 Å². The van der Waals surface area contributed by atoms with Gasteiger partial charge in [-0.1, -0.05) is 116 Å². The number of carboxylic acids is 4. The molecule has 0 unspecified atom stereocenters. The van der Waals surface area contributed by atoms with Gasteiger partial charge in [0.1, 0.15) is 42.6 Å². The predicted molar refractivity (Wildman–Crippen MR) is 391 cm³/mol. The third-order valence-electron chi connectivity index (χ3n) is 17.2. The zero-order valence-corrected chi connectivity index (χ0v) is 61.7. The number of hydrogen-bond donors (Lipinski definition) is 12. The van der Waals surface area contributed by atoms with Crippen molar-refractivity contribution in [1.29, 1.82) is 0 Å². The van der Waals surface area contributed by atoms with Gasteiger partial charge in [0, 0.05) is 82.3 Å². The molecule has 0 saturated carbocycles. The standard InChI is InChI=1S/C74H121N7O23.3H2/c1-4-6-26-60(78-50-66(88)63(79-53(3)82)47-54-29-32-56(83)33-30-54)65(87)49-77-59(64(86)5-2)27-21-22-39-75-70(92)52-104-46-43-101-41-23-25-58(85)51-103-45-44-102-42-40-76-67(89)37-34-61(73(97)98)81-69(91)38-35-62(74(99)100)80-68(90)36-31-55(72(95)96)48-57(84)24-19-17-15-13-11-9-7-8-10-12-14-16-18-20-28-71(93)94;;;/h29-30,32-33,55,59-63,77-78,83H,4-28,31,34-52H2,1-3H3,(H,75,92)(H,76,89)(H,79,82)(H,80,90)(H,81,91)(H,93,94)(H,95,96)(H,97,98)(H,99,100);3*1H/t55-,59+,60+,61+,62+,63-;;;/m1.../s1. The second-order valence-electron chi connectivity index (χ2n) is 26.2. The number of aliphatic carboxylic acids is 4. The molecule has 596 valence electrons. The van der Waals surface area contributed by atoms with Crippen molar-refractivity contribution in [3.8, 4) is 5.75 Å². The van der Waals surface area contributed by atoms with E-state index < -0.39 is 97.0 Å². The molecule has 0 spiro atoms. The lowest BCUT2D eigenvalue weighted by Gasteiger charge is -2.22. The van der Waals surface area contributed by atoms with Crippen LogP contribution in [0.25, 0.3) is 0 Å². The number of carbonyl (C=O) groups excluding carboxylic acids is 10. The number of phenols is 1. The molecule has 104 heavy (non-hydrogen) atoms. The molecule has 1 aromatic rings. The normalized spacial score (nSPS) is 12.9. The van der Waals surface area contributed by atoms with Crippen LogP contribution in [0.15, 0.2) is 24.3 Å². The molecule has 5 amide bonds. The molecule has 0 aliphatic rings. The molecule has 0 aromatic heterocycles. The predicted octanol–water partition coefficient (Wildman–Crippen LogP) is 6.69. The maximum atomic E-state index is 13.4. The molecule has 0 heterocycles. The average molecular weight is 1480 g/mol. The van der Waals surface area contributed by atoms with Gasteiger partial charge in [-0.15, -0.1) is 0 Å². The fourth-order valence-corrected chi connectivity index (χ4v) is 11.1. The van der Waals surface area contributed by atoms with E-state index in [1.807, 2.05) is 6.92 Å². The van der Waals surface area contributed by atoms with E-state index in [-0.39, 0.29) is 181 Å². The van der Waals surface area contributed by atoms with Crippen molar-refractivity contribution < 1.29 is 116 Å². The first-order valence-electron chi connectivity index (χ1n) is 37.3. The smallest absolute Gasteiger partial charge is 0.326 e. The van der Waals surface area contributed by atoms with Gasteiger partial charge in [-0.25, -0.2) is 9.59 Å². The minimum absolute atomic E-state index is 0. The van der Waals surface area contributed by atoms with Crippen LogP contribution >= 0.6 is 0 Å². The van der Waals surface area contributed by atoms with Crippen molar-refractivity contribution in [2.75, 3.05) is 79.0 Å². The van der Waals surface area contributed by atoms with Crippen LogP contribution in [0.1, 0.15) is 236 Å². The van der Waals surface area contributed by atoms with Crippen molar-refractivity contribution in [3.05, 3.63) is 29.8 Å². The van der Waals surface area contributed by atoms with Crippen LogP contribution in [0.5, 0.6) is 5.75 Å². The number of hydrogen-bond acceptors (Lipinski definition) is 21. The van der Waals surface area contributed by atoms with E-state index >= 15 is 0 Å². The minimum Gasteiger partial charge on any atom is -0.508 e. The Hall–Kier alpha value is -7.64. The van der Waals surface area contributed by atoms with Crippen molar-refractivity contribution in [3.63, 3.8) is 0 Å². The maximum absolute atomic E-state index is 13.4. The summed E-state index contributed by atoms with van der Waals surface area (Å²) in [5, 5.41) is 66.2. The summed E-state index contributed by atoms with van der Waals surface area (Å²) < 4.78 is 21.7. The molecule has 0 aliphatic heterocycles. The summed E-state index contributed by atoms with van der Waals surface area (Å²) in [7, 11) is 0. The Morgan fingerprint density at radius 3 is 1.40 bits per heavy atom. The van der Waals surface area contributed by atoms with E-state index in [1.165, 1.54) is 44.7 Å². The van der Waals surface area contributed by atoms with E-state index in [0.717, 1.165) is 76.2 Å². The number of carbonyl (C=O) groups is 14. The van der Waals surface area contributed by atoms with Gasteiger partial charge >= 0.3 is 23.9 Å². The number of phenolic OH excluding ortho intramolecular Hbond substituents is 1. The summed E-state index contributed by atoms with van der Waals surface area (Å²) in [5.74, 6) is -9.85. The highest BCUT2D eigenvalue weighted by Gasteiger charge is 2.29. The Bertz CT molecular complexity index is 2740. The Kier molecular flexibility index (Phi) is 55.0. The number of ether oxygens (including phenoxy) is 4. The van der Waals surface area contributed by atoms with E-state index in [2.05, 4.69) is 37.2 Å². The highest BCUT2D eigenvalue weighted by molar-refractivity contribution is 5.92.